The maximum atomic E-state index is 13.0. The van der Waals surface area contributed by atoms with Gasteiger partial charge in [0.25, 0.3) is 5.56 Å². The maximum Gasteiger partial charge on any atom is 0.332 e. The molecule has 2 aromatic heterocycles. The van der Waals surface area contributed by atoms with E-state index in [4.69, 9.17) is 10.5 Å². The minimum atomic E-state index is -0.724. The van der Waals surface area contributed by atoms with Gasteiger partial charge in [0.2, 0.25) is 5.16 Å². The fraction of sp³-hybridized carbons (Fsp3) is 0.400. The van der Waals surface area contributed by atoms with Gasteiger partial charge >= 0.3 is 5.69 Å². The van der Waals surface area contributed by atoms with Crippen LogP contribution in [-0.4, -0.2) is 48.0 Å². The van der Waals surface area contributed by atoms with Gasteiger partial charge in [0.1, 0.15) is 22.8 Å². The van der Waals surface area contributed by atoms with Crippen LogP contribution in [-0.2, 0) is 13.6 Å². The lowest BCUT2D eigenvalue weighted by Crippen LogP contribution is -2.43. The van der Waals surface area contributed by atoms with E-state index in [1.54, 1.807) is 13.2 Å². The summed E-state index contributed by atoms with van der Waals surface area (Å²) in [4.78, 5) is 38.1. The van der Waals surface area contributed by atoms with Crippen LogP contribution < -0.4 is 21.7 Å². The summed E-state index contributed by atoms with van der Waals surface area (Å²) in [5.41, 5.74) is 6.19. The van der Waals surface area contributed by atoms with E-state index in [1.807, 2.05) is 32.9 Å². The molecule has 0 atom stereocenters. The van der Waals surface area contributed by atoms with Gasteiger partial charge in [-0.3, -0.25) is 18.7 Å². The van der Waals surface area contributed by atoms with Crippen molar-refractivity contribution in [3.8, 4) is 11.4 Å². The molecule has 2 heterocycles. The number of rotatable bonds is 8. The van der Waals surface area contributed by atoms with Crippen LogP contribution in [0.15, 0.2) is 32.9 Å². The van der Waals surface area contributed by atoms with E-state index >= 15 is 0 Å². The van der Waals surface area contributed by atoms with Crippen molar-refractivity contribution < 1.29 is 9.53 Å². The van der Waals surface area contributed by atoms with Crippen molar-refractivity contribution in [1.82, 2.24) is 29.3 Å². The number of nitrogens with two attached hydrogens (primary N) is 1. The predicted octanol–water partition coefficient (Wildman–Crippen LogP) is 1.05. The average Bonchev–Trinajstić information content (AvgIpc) is 3.22. The summed E-state index contributed by atoms with van der Waals surface area (Å²) < 4.78 is 9.01. The second-order valence-corrected chi connectivity index (χ2v) is 8.61. The Hall–Kier alpha value is -3.41. The molecule has 1 aromatic carbocycles. The van der Waals surface area contributed by atoms with E-state index in [-0.39, 0.29) is 29.6 Å². The number of ketones is 1. The molecule has 0 saturated carbocycles. The number of tetrazole rings is 1. The van der Waals surface area contributed by atoms with Gasteiger partial charge in [-0.15, -0.1) is 5.10 Å². The van der Waals surface area contributed by atoms with Crippen molar-refractivity contribution in [3.05, 3.63) is 50.2 Å². The Morgan fingerprint density at radius 2 is 2.00 bits per heavy atom. The molecule has 170 valence electrons. The SMILES string of the molecule is COc1ccc(C)cc1-n1nnnc1SCC(=O)c1c(N)n(CC(C)C)c(=O)n(C)c1=O. The molecule has 0 bridgehead atoms. The highest BCUT2D eigenvalue weighted by molar-refractivity contribution is 7.99. The van der Waals surface area contributed by atoms with Crippen LogP contribution in [0.4, 0.5) is 5.82 Å². The number of aromatic nitrogens is 6. The second kappa shape index (κ2) is 9.39. The number of carbonyl (C=O) groups excluding carboxylic acids is 1. The van der Waals surface area contributed by atoms with E-state index in [0.29, 0.717) is 16.6 Å². The van der Waals surface area contributed by atoms with Gasteiger partial charge in [-0.05, 0) is 41.0 Å². The first-order valence-electron chi connectivity index (χ1n) is 9.84. The van der Waals surface area contributed by atoms with Crippen LogP contribution in [0.5, 0.6) is 5.75 Å². The smallest absolute Gasteiger partial charge is 0.332 e. The Labute approximate surface area is 188 Å². The van der Waals surface area contributed by atoms with Crippen LogP contribution in [0, 0.1) is 12.8 Å². The van der Waals surface area contributed by atoms with E-state index in [2.05, 4.69) is 15.5 Å². The normalized spacial score (nSPS) is 11.2. The summed E-state index contributed by atoms with van der Waals surface area (Å²) in [6, 6.07) is 5.55. The molecule has 3 aromatic rings. The molecule has 32 heavy (non-hydrogen) atoms. The lowest BCUT2D eigenvalue weighted by molar-refractivity contribution is 0.102. The number of thioether (sulfide) groups is 1. The quantitative estimate of drug-likeness (QED) is 0.386. The van der Waals surface area contributed by atoms with Gasteiger partial charge in [-0.25, -0.2) is 4.79 Å². The number of nitrogen functional groups attached to an aromatic ring is 1. The summed E-state index contributed by atoms with van der Waals surface area (Å²) in [5, 5.41) is 12.0. The molecule has 0 radical (unpaired) electrons. The molecule has 0 aliphatic heterocycles. The number of benzene rings is 1. The molecular formula is C20H25N7O4S. The Kier molecular flexibility index (Phi) is 6.82. The van der Waals surface area contributed by atoms with Crippen molar-refractivity contribution in [2.75, 3.05) is 18.6 Å². The number of hydrogen-bond donors (Lipinski definition) is 1. The van der Waals surface area contributed by atoms with Crippen molar-refractivity contribution in [2.45, 2.75) is 32.5 Å². The zero-order chi connectivity index (χ0) is 23.6. The van der Waals surface area contributed by atoms with Gasteiger partial charge in [0, 0.05) is 13.6 Å². The second-order valence-electron chi connectivity index (χ2n) is 7.67. The minimum Gasteiger partial charge on any atom is -0.494 e. The van der Waals surface area contributed by atoms with Crippen molar-refractivity contribution in [2.24, 2.45) is 13.0 Å². The third kappa shape index (κ3) is 4.44. The molecule has 0 amide bonds. The first-order valence-corrected chi connectivity index (χ1v) is 10.8. The van der Waals surface area contributed by atoms with Crippen molar-refractivity contribution in [3.63, 3.8) is 0 Å². The largest absolute Gasteiger partial charge is 0.494 e. The summed E-state index contributed by atoms with van der Waals surface area (Å²) in [7, 11) is 2.87. The fourth-order valence-electron chi connectivity index (χ4n) is 3.17. The third-order valence-electron chi connectivity index (χ3n) is 4.75. The number of nitrogens with zero attached hydrogens (tertiary/aromatic N) is 6. The fourth-order valence-corrected chi connectivity index (χ4v) is 3.93. The summed E-state index contributed by atoms with van der Waals surface area (Å²) in [5.74, 6) is -0.129. The van der Waals surface area contributed by atoms with Gasteiger partial charge in [-0.1, -0.05) is 31.7 Å². The molecule has 0 aliphatic rings. The molecule has 0 fully saturated rings. The van der Waals surface area contributed by atoms with E-state index in [1.165, 1.54) is 16.3 Å². The molecule has 0 aliphatic carbocycles. The summed E-state index contributed by atoms with van der Waals surface area (Å²) in [6.07, 6.45) is 0. The maximum absolute atomic E-state index is 13.0. The van der Waals surface area contributed by atoms with E-state index < -0.39 is 17.0 Å². The lowest BCUT2D eigenvalue weighted by Gasteiger charge is -2.16. The Morgan fingerprint density at radius 1 is 1.28 bits per heavy atom. The zero-order valence-electron chi connectivity index (χ0n) is 18.5. The lowest BCUT2D eigenvalue weighted by atomic mass is 10.2. The predicted molar refractivity (Wildman–Crippen MR) is 121 cm³/mol. The van der Waals surface area contributed by atoms with Crippen LogP contribution >= 0.6 is 11.8 Å². The molecule has 0 saturated heterocycles. The van der Waals surface area contributed by atoms with Gasteiger partial charge < -0.3 is 10.5 Å². The number of ether oxygens (including phenoxy) is 1. The Morgan fingerprint density at radius 3 is 2.66 bits per heavy atom. The van der Waals surface area contributed by atoms with E-state index in [0.717, 1.165) is 21.9 Å². The highest BCUT2D eigenvalue weighted by Gasteiger charge is 2.23. The topological polar surface area (TPSA) is 140 Å². The molecule has 0 unspecified atom stereocenters. The number of Topliss-reactive ketones (excluding diaryl/α,β-unsaturated/α-hetero) is 1. The van der Waals surface area contributed by atoms with Crippen molar-refractivity contribution in [1.29, 1.82) is 0 Å². The van der Waals surface area contributed by atoms with Crippen LogP contribution in [0.25, 0.3) is 5.69 Å². The van der Waals surface area contributed by atoms with Crippen LogP contribution in [0.1, 0.15) is 29.8 Å². The third-order valence-corrected chi connectivity index (χ3v) is 5.66. The number of hydrogen-bond acceptors (Lipinski definition) is 9. The monoisotopic (exact) mass is 459 g/mol. The summed E-state index contributed by atoms with van der Waals surface area (Å²) >= 11 is 1.05. The molecule has 2 N–H and O–H groups in total. The summed E-state index contributed by atoms with van der Waals surface area (Å²) in [6.45, 7) is 6.04. The number of carbonyl (C=O) groups is 1. The highest BCUT2D eigenvalue weighted by atomic mass is 32.2. The molecular weight excluding hydrogens is 434 g/mol. The Bertz CT molecular complexity index is 1280. The molecule has 11 nitrogen and oxygen atoms in total. The molecule has 12 heteroatoms. The van der Waals surface area contributed by atoms with Gasteiger partial charge in [0.15, 0.2) is 5.78 Å². The molecule has 0 spiro atoms. The number of aryl methyl sites for hydroxylation is 1. The standard InChI is InChI=1S/C20H25N7O4S/c1-11(2)9-26-17(21)16(18(29)25(4)20(26)30)14(28)10-32-19-22-23-24-27(19)13-8-12(3)6-7-15(13)31-5/h6-8,11H,9-10,21H2,1-5H3. The first-order chi connectivity index (χ1) is 15.1. The molecule has 3 rings (SSSR count). The average molecular weight is 460 g/mol. The highest BCUT2D eigenvalue weighted by Crippen LogP contribution is 2.27. The zero-order valence-corrected chi connectivity index (χ0v) is 19.3. The minimum absolute atomic E-state index is 0.0961. The van der Waals surface area contributed by atoms with Gasteiger partial charge in [0.05, 0.1) is 12.9 Å². The number of methoxy groups -OCH3 is 1. The van der Waals surface area contributed by atoms with Crippen molar-refractivity contribution >= 4 is 23.4 Å². The Balaban J connectivity index is 1.93. The first kappa shape index (κ1) is 23.3. The number of anilines is 1. The van der Waals surface area contributed by atoms with Crippen LogP contribution in [0.3, 0.4) is 0 Å². The van der Waals surface area contributed by atoms with Crippen LogP contribution in [0.2, 0.25) is 0 Å². The van der Waals surface area contributed by atoms with E-state index in [9.17, 15) is 14.4 Å². The van der Waals surface area contributed by atoms with Gasteiger partial charge in [-0.2, -0.15) is 4.68 Å².